The maximum Gasteiger partial charge on any atom is 0.164 e. The molecule has 0 saturated carbocycles. The second-order valence-corrected chi connectivity index (χ2v) is 1.94. The average Bonchev–Trinajstić information content (AvgIpc) is 1.90. The highest BCUT2D eigenvalue weighted by Gasteiger charge is 2.01. The first-order valence-corrected chi connectivity index (χ1v) is 2.79. The van der Waals surface area contributed by atoms with Crippen LogP contribution in [0.5, 0.6) is 0 Å². The molecule has 1 aliphatic heterocycles. The van der Waals surface area contributed by atoms with Crippen LogP contribution in [0.25, 0.3) is 0 Å². The molecule has 0 spiro atoms. The number of aldehydes is 1. The molecule has 0 amide bonds. The summed E-state index contributed by atoms with van der Waals surface area (Å²) in [4.78, 5) is 13.9. The summed E-state index contributed by atoms with van der Waals surface area (Å²) in [5.41, 5.74) is 1.34. The van der Waals surface area contributed by atoms with Crippen LogP contribution in [-0.2, 0) is 4.79 Å². The maximum absolute atomic E-state index is 10.1. The van der Waals surface area contributed by atoms with Crippen molar-refractivity contribution in [3.05, 3.63) is 11.7 Å². The molecule has 2 nitrogen and oxygen atoms in total. The van der Waals surface area contributed by atoms with Gasteiger partial charge in [-0.15, -0.1) is 0 Å². The molecule has 1 heterocycles. The first-order valence-electron chi connectivity index (χ1n) is 2.79. The molecule has 0 aromatic rings. The minimum atomic E-state index is 0.587. The van der Waals surface area contributed by atoms with E-state index in [1.807, 2.05) is 0 Å². The van der Waals surface area contributed by atoms with E-state index in [0.29, 0.717) is 12.1 Å². The first kappa shape index (κ1) is 6.27. The minimum Gasteiger partial charge on any atom is -0.297 e. The molecule has 0 unspecified atom stereocenters. The highest BCUT2D eigenvalue weighted by Crippen LogP contribution is 2.06. The monoisotopic (exact) mass is 119 g/mol. The molecule has 1 rings (SSSR count). The molecule has 2 radical (unpaired) electrons. The largest absolute Gasteiger partial charge is 0.297 e. The zero-order valence-corrected chi connectivity index (χ0v) is 5.00. The highest BCUT2D eigenvalue weighted by molar-refractivity contribution is 6.30. The Kier molecular flexibility index (Phi) is 1.83. The summed E-state index contributed by atoms with van der Waals surface area (Å²) in [6, 6.07) is 0. The molecule has 0 bridgehead atoms. The normalized spacial score (nSPS) is 18.2. The summed E-state index contributed by atoms with van der Waals surface area (Å²) < 4.78 is 0. The van der Waals surface area contributed by atoms with Crippen molar-refractivity contribution >= 4 is 19.8 Å². The Bertz CT molecular complexity index is 183. The lowest BCUT2D eigenvalue weighted by Gasteiger charge is -2.04. The van der Waals surface area contributed by atoms with Crippen molar-refractivity contribution in [1.29, 1.82) is 0 Å². The minimum absolute atomic E-state index is 0.587. The van der Waals surface area contributed by atoms with Crippen LogP contribution in [0.1, 0.15) is 12.8 Å². The SMILES string of the molecule is [B]C1=CN=C(C=O)CC1. The average molecular weight is 119 g/mol. The predicted molar refractivity (Wildman–Crippen MR) is 36.6 cm³/mol. The molecular weight excluding hydrogens is 113 g/mol. The van der Waals surface area contributed by atoms with Gasteiger partial charge in [0.15, 0.2) is 6.29 Å². The molecule has 1 aliphatic rings. The van der Waals surface area contributed by atoms with Gasteiger partial charge in [-0.05, 0) is 12.8 Å². The Morgan fingerprint density at radius 2 is 2.44 bits per heavy atom. The van der Waals surface area contributed by atoms with Crippen molar-refractivity contribution in [1.82, 2.24) is 0 Å². The Morgan fingerprint density at radius 1 is 1.67 bits per heavy atom. The molecule has 0 atom stereocenters. The number of rotatable bonds is 1. The van der Waals surface area contributed by atoms with Crippen molar-refractivity contribution in [3.63, 3.8) is 0 Å². The summed E-state index contributed by atoms with van der Waals surface area (Å²) in [6.45, 7) is 0. The van der Waals surface area contributed by atoms with E-state index in [-0.39, 0.29) is 0 Å². The fourth-order valence-corrected chi connectivity index (χ4v) is 0.657. The summed E-state index contributed by atoms with van der Waals surface area (Å²) >= 11 is 0. The van der Waals surface area contributed by atoms with Crippen molar-refractivity contribution in [2.75, 3.05) is 0 Å². The molecule has 9 heavy (non-hydrogen) atoms. The molecule has 0 aromatic heterocycles. The second-order valence-electron chi connectivity index (χ2n) is 1.94. The van der Waals surface area contributed by atoms with E-state index < -0.39 is 0 Å². The van der Waals surface area contributed by atoms with E-state index in [1.54, 1.807) is 0 Å². The molecule has 0 aromatic carbocycles. The zero-order chi connectivity index (χ0) is 6.69. The third-order valence-corrected chi connectivity index (χ3v) is 1.20. The van der Waals surface area contributed by atoms with Crippen LogP contribution < -0.4 is 0 Å². The van der Waals surface area contributed by atoms with Crippen LogP contribution in [0, 0.1) is 0 Å². The lowest BCUT2D eigenvalue weighted by Crippen LogP contribution is -2.03. The van der Waals surface area contributed by atoms with Crippen molar-refractivity contribution in [2.45, 2.75) is 12.8 Å². The number of carbonyl (C=O) groups excluding carboxylic acids is 1. The van der Waals surface area contributed by atoms with Crippen molar-refractivity contribution < 1.29 is 4.79 Å². The molecule has 0 N–H and O–H groups in total. The number of hydrogen-bond donors (Lipinski definition) is 0. The van der Waals surface area contributed by atoms with E-state index >= 15 is 0 Å². The smallest absolute Gasteiger partial charge is 0.164 e. The van der Waals surface area contributed by atoms with Gasteiger partial charge in [-0.3, -0.25) is 9.79 Å². The number of carbonyl (C=O) groups is 1. The maximum atomic E-state index is 10.1. The van der Waals surface area contributed by atoms with Gasteiger partial charge in [0.25, 0.3) is 0 Å². The van der Waals surface area contributed by atoms with Crippen LogP contribution in [0.2, 0.25) is 0 Å². The highest BCUT2D eigenvalue weighted by atomic mass is 16.1. The second kappa shape index (κ2) is 2.62. The van der Waals surface area contributed by atoms with E-state index in [9.17, 15) is 4.79 Å². The molecule has 0 fully saturated rings. The van der Waals surface area contributed by atoms with Crippen LogP contribution in [0.15, 0.2) is 16.7 Å². The topological polar surface area (TPSA) is 29.4 Å². The van der Waals surface area contributed by atoms with Gasteiger partial charge in [-0.2, -0.15) is 0 Å². The lowest BCUT2D eigenvalue weighted by atomic mass is 9.90. The lowest BCUT2D eigenvalue weighted by molar-refractivity contribution is -0.102. The van der Waals surface area contributed by atoms with Crippen LogP contribution in [0.4, 0.5) is 0 Å². The Hall–Kier alpha value is -0.855. The standard InChI is InChI=1S/C6H6BNO/c7-5-1-2-6(4-9)8-3-5/h3-4H,1-2H2. The first-order chi connectivity index (χ1) is 4.33. The number of aliphatic imine (C=N–C) groups is 1. The van der Waals surface area contributed by atoms with Gasteiger partial charge in [-0.25, -0.2) is 0 Å². The molecular formula is C6H6BNO. The van der Waals surface area contributed by atoms with Gasteiger partial charge in [0.05, 0.1) is 5.71 Å². The molecule has 0 saturated heterocycles. The van der Waals surface area contributed by atoms with Crippen LogP contribution >= 0.6 is 0 Å². The zero-order valence-electron chi connectivity index (χ0n) is 5.00. The molecule has 0 aliphatic carbocycles. The van der Waals surface area contributed by atoms with Crippen LogP contribution in [0.3, 0.4) is 0 Å². The van der Waals surface area contributed by atoms with Gasteiger partial charge >= 0.3 is 0 Å². The fraction of sp³-hybridized carbons (Fsp3) is 0.333. The van der Waals surface area contributed by atoms with Crippen molar-refractivity contribution in [3.8, 4) is 0 Å². The third kappa shape index (κ3) is 1.52. The van der Waals surface area contributed by atoms with Gasteiger partial charge in [0.1, 0.15) is 7.85 Å². The number of nitrogens with zero attached hydrogens (tertiary/aromatic N) is 1. The van der Waals surface area contributed by atoms with Gasteiger partial charge in [0, 0.05) is 6.20 Å². The van der Waals surface area contributed by atoms with E-state index in [4.69, 9.17) is 7.85 Å². The summed E-state index contributed by atoms with van der Waals surface area (Å²) in [5, 5.41) is 0. The van der Waals surface area contributed by atoms with Crippen molar-refractivity contribution in [2.24, 2.45) is 4.99 Å². The van der Waals surface area contributed by atoms with Gasteiger partial charge in [-0.1, -0.05) is 5.47 Å². The summed E-state index contributed by atoms with van der Waals surface area (Å²) in [7, 11) is 5.39. The predicted octanol–water partition coefficient (Wildman–Crippen LogP) is 0.430. The Labute approximate surface area is 55.1 Å². The van der Waals surface area contributed by atoms with Crippen LogP contribution in [-0.4, -0.2) is 19.8 Å². The van der Waals surface area contributed by atoms with E-state index in [2.05, 4.69) is 4.99 Å². The van der Waals surface area contributed by atoms with Gasteiger partial charge < -0.3 is 0 Å². The summed E-state index contributed by atoms with van der Waals surface area (Å²) in [5.74, 6) is 0. The Morgan fingerprint density at radius 3 is 2.89 bits per heavy atom. The Balaban J connectivity index is 2.69. The van der Waals surface area contributed by atoms with Gasteiger partial charge in [0.2, 0.25) is 0 Å². The van der Waals surface area contributed by atoms with E-state index in [1.165, 1.54) is 6.20 Å². The number of allylic oxidation sites excluding steroid dienone is 1. The third-order valence-electron chi connectivity index (χ3n) is 1.20. The van der Waals surface area contributed by atoms with E-state index in [0.717, 1.165) is 18.2 Å². The summed E-state index contributed by atoms with van der Waals surface area (Å²) in [6.07, 6.45) is 3.75. The molecule has 3 heteroatoms. The molecule has 44 valence electrons. The quantitative estimate of drug-likeness (QED) is 0.363. The fourth-order valence-electron chi connectivity index (χ4n) is 0.657. The number of hydrogen-bond acceptors (Lipinski definition) is 2.